The molecule has 0 spiro atoms. The maximum Gasteiger partial charge on any atom is 0.164 e. The smallest absolute Gasteiger partial charge is 0.164 e. The normalized spacial score (nSPS) is 14.0. The van der Waals surface area contributed by atoms with E-state index < -0.39 is 0 Å². The van der Waals surface area contributed by atoms with Gasteiger partial charge in [-0.3, -0.25) is 0 Å². The first-order chi connectivity index (χ1) is 27.2. The summed E-state index contributed by atoms with van der Waals surface area (Å²) >= 11 is 1.80. The first-order valence-electron chi connectivity index (χ1n) is 18.2. The molecule has 9 aromatic rings. The molecule has 0 aliphatic carbocycles. The lowest BCUT2D eigenvalue weighted by Crippen LogP contribution is -2.33. The van der Waals surface area contributed by atoms with Gasteiger partial charge in [0.2, 0.25) is 0 Å². The SMILES string of the molecule is c1ccc(C2=NC(c3ccccc3)NC(c3cc(-c4cccc(-c5nc(-c6ccccc6)nc(-c6ccccc6)n5)c4)c4c(c3)sc3ccccc34)=N2)cc1. The van der Waals surface area contributed by atoms with E-state index in [4.69, 9.17) is 24.9 Å². The molecule has 1 N–H and O–H groups in total. The predicted molar refractivity (Wildman–Crippen MR) is 226 cm³/mol. The number of rotatable bonds is 7. The third kappa shape index (κ3) is 6.37. The van der Waals surface area contributed by atoms with E-state index in [1.807, 2.05) is 97.1 Å². The van der Waals surface area contributed by atoms with Crippen molar-refractivity contribution in [3.8, 4) is 45.3 Å². The Kier molecular flexibility index (Phi) is 8.31. The van der Waals surface area contributed by atoms with Crippen molar-refractivity contribution in [3.05, 3.63) is 199 Å². The second kappa shape index (κ2) is 14.0. The quantitative estimate of drug-likeness (QED) is 0.178. The molecule has 1 unspecified atom stereocenters. The molecular formula is C48H32N6S. The second-order valence-electron chi connectivity index (χ2n) is 13.4. The van der Waals surface area contributed by atoms with E-state index >= 15 is 0 Å². The first kappa shape index (κ1) is 32.6. The molecule has 1 aliphatic rings. The Labute approximate surface area is 322 Å². The van der Waals surface area contributed by atoms with Crippen molar-refractivity contribution in [1.29, 1.82) is 0 Å². The van der Waals surface area contributed by atoms with Gasteiger partial charge in [-0.05, 0) is 41.0 Å². The number of aromatic nitrogens is 3. The first-order valence-corrected chi connectivity index (χ1v) is 19.0. The zero-order valence-electron chi connectivity index (χ0n) is 29.5. The number of fused-ring (bicyclic) bond motifs is 3. The highest BCUT2D eigenvalue weighted by molar-refractivity contribution is 7.26. The number of amidine groups is 2. The monoisotopic (exact) mass is 724 g/mol. The summed E-state index contributed by atoms with van der Waals surface area (Å²) in [5.74, 6) is 3.35. The molecule has 0 radical (unpaired) electrons. The van der Waals surface area contributed by atoms with Crippen molar-refractivity contribution >= 4 is 43.2 Å². The fourth-order valence-electron chi connectivity index (χ4n) is 7.10. The van der Waals surface area contributed by atoms with Crippen LogP contribution >= 0.6 is 11.3 Å². The van der Waals surface area contributed by atoms with Crippen molar-refractivity contribution in [3.63, 3.8) is 0 Å². The van der Waals surface area contributed by atoms with Crippen LogP contribution in [0.5, 0.6) is 0 Å². The summed E-state index contributed by atoms with van der Waals surface area (Å²) in [6.45, 7) is 0. The maximum absolute atomic E-state index is 5.17. The Morgan fingerprint density at radius 2 is 0.982 bits per heavy atom. The fraction of sp³-hybridized carbons (Fsp3) is 0.0208. The van der Waals surface area contributed by atoms with Crippen LogP contribution in [0.1, 0.15) is 22.9 Å². The number of aliphatic imine (C=N–C) groups is 2. The number of hydrogen-bond acceptors (Lipinski definition) is 7. The van der Waals surface area contributed by atoms with Gasteiger partial charge in [0.1, 0.15) is 12.0 Å². The third-order valence-corrected chi connectivity index (χ3v) is 10.9. The molecule has 7 aromatic carbocycles. The average Bonchev–Trinajstić information content (AvgIpc) is 3.66. The molecule has 1 atom stereocenters. The molecule has 0 saturated heterocycles. The molecule has 2 aromatic heterocycles. The van der Waals surface area contributed by atoms with Gasteiger partial charge in [-0.1, -0.05) is 158 Å². The van der Waals surface area contributed by atoms with Gasteiger partial charge in [0.05, 0.1) is 0 Å². The van der Waals surface area contributed by atoms with E-state index in [0.29, 0.717) is 23.3 Å². The lowest BCUT2D eigenvalue weighted by Gasteiger charge is -2.24. The highest BCUT2D eigenvalue weighted by Crippen LogP contribution is 2.42. The minimum atomic E-state index is -0.296. The number of thiophene rings is 1. The summed E-state index contributed by atoms with van der Waals surface area (Å²) in [7, 11) is 0. The molecule has 7 heteroatoms. The zero-order valence-corrected chi connectivity index (χ0v) is 30.4. The van der Waals surface area contributed by atoms with E-state index in [9.17, 15) is 0 Å². The average molecular weight is 725 g/mol. The molecule has 3 heterocycles. The Bertz CT molecular complexity index is 2830. The number of hydrogen-bond donors (Lipinski definition) is 1. The molecular weight excluding hydrogens is 693 g/mol. The molecule has 6 nitrogen and oxygen atoms in total. The standard InChI is InChI=1S/C48H32N6S/c1-5-16-31(17-6-1)43-49-44(32-18-7-2-8-19-32)52-47(51-43)36-25-15-24-35(28-36)39-29-37(30-41-42(39)38-26-13-14-27-40(38)55-41)48-53-45(33-20-9-3-10-21-33)50-46(54-48)34-22-11-4-12-23-34/h1-30,45H,(H,50,53,54). The van der Waals surface area contributed by atoms with Crippen molar-refractivity contribution in [2.45, 2.75) is 6.17 Å². The van der Waals surface area contributed by atoms with Gasteiger partial charge < -0.3 is 5.32 Å². The van der Waals surface area contributed by atoms with Gasteiger partial charge >= 0.3 is 0 Å². The van der Waals surface area contributed by atoms with Crippen LogP contribution in [0, 0.1) is 0 Å². The minimum Gasteiger partial charge on any atom is -0.344 e. The molecule has 0 fully saturated rings. The van der Waals surface area contributed by atoms with Gasteiger partial charge in [-0.15, -0.1) is 11.3 Å². The lowest BCUT2D eigenvalue weighted by atomic mass is 9.95. The summed E-state index contributed by atoms with van der Waals surface area (Å²) in [4.78, 5) is 25.2. The van der Waals surface area contributed by atoms with Crippen LogP contribution in [0.2, 0.25) is 0 Å². The predicted octanol–water partition coefficient (Wildman–Crippen LogP) is 11.4. The molecule has 55 heavy (non-hydrogen) atoms. The highest BCUT2D eigenvalue weighted by Gasteiger charge is 2.23. The number of nitrogens with one attached hydrogen (secondary N) is 1. The van der Waals surface area contributed by atoms with Crippen LogP contribution in [-0.2, 0) is 0 Å². The van der Waals surface area contributed by atoms with Crippen LogP contribution < -0.4 is 5.32 Å². The Balaban J connectivity index is 1.15. The highest BCUT2D eigenvalue weighted by atomic mass is 32.1. The van der Waals surface area contributed by atoms with E-state index in [0.717, 1.165) is 50.3 Å². The molecule has 10 rings (SSSR count). The lowest BCUT2D eigenvalue weighted by molar-refractivity contribution is 0.674. The Morgan fingerprint density at radius 3 is 1.65 bits per heavy atom. The fourth-order valence-corrected chi connectivity index (χ4v) is 8.27. The van der Waals surface area contributed by atoms with Gasteiger partial charge in [0.15, 0.2) is 23.3 Å². The van der Waals surface area contributed by atoms with E-state index in [2.05, 4.69) is 90.2 Å². The van der Waals surface area contributed by atoms with Crippen LogP contribution in [-0.4, -0.2) is 26.6 Å². The topological polar surface area (TPSA) is 75.4 Å². The van der Waals surface area contributed by atoms with Crippen LogP contribution in [0.15, 0.2) is 192 Å². The molecule has 260 valence electrons. The second-order valence-corrected chi connectivity index (χ2v) is 14.4. The van der Waals surface area contributed by atoms with Crippen molar-refractivity contribution < 1.29 is 0 Å². The van der Waals surface area contributed by atoms with Crippen molar-refractivity contribution in [2.75, 3.05) is 0 Å². The van der Waals surface area contributed by atoms with Gasteiger partial charge in [-0.2, -0.15) is 0 Å². The number of nitrogens with zero attached hydrogens (tertiary/aromatic N) is 5. The molecule has 0 saturated carbocycles. The van der Waals surface area contributed by atoms with Gasteiger partial charge in [-0.25, -0.2) is 24.9 Å². The summed E-state index contributed by atoms with van der Waals surface area (Å²) < 4.78 is 2.42. The third-order valence-electron chi connectivity index (χ3n) is 9.77. The van der Waals surface area contributed by atoms with Crippen LogP contribution in [0.4, 0.5) is 0 Å². The van der Waals surface area contributed by atoms with Gasteiger partial charge in [0, 0.05) is 48.0 Å². The molecule has 1 aliphatic heterocycles. The Morgan fingerprint density at radius 1 is 0.436 bits per heavy atom. The van der Waals surface area contributed by atoms with Crippen molar-refractivity contribution in [1.82, 2.24) is 20.3 Å². The summed E-state index contributed by atoms with van der Waals surface area (Å²) in [5, 5.41) is 6.11. The Hall–Kier alpha value is -7.09. The van der Waals surface area contributed by atoms with Crippen LogP contribution in [0.25, 0.3) is 65.5 Å². The largest absolute Gasteiger partial charge is 0.344 e. The molecule has 0 amide bonds. The van der Waals surface area contributed by atoms with E-state index in [1.54, 1.807) is 11.3 Å². The van der Waals surface area contributed by atoms with Crippen LogP contribution in [0.3, 0.4) is 0 Å². The van der Waals surface area contributed by atoms with E-state index in [-0.39, 0.29) is 6.17 Å². The minimum absolute atomic E-state index is 0.296. The zero-order chi connectivity index (χ0) is 36.6. The molecule has 0 bridgehead atoms. The van der Waals surface area contributed by atoms with E-state index in [1.165, 1.54) is 20.2 Å². The van der Waals surface area contributed by atoms with Crippen molar-refractivity contribution in [2.24, 2.45) is 9.98 Å². The van der Waals surface area contributed by atoms with Gasteiger partial charge in [0.25, 0.3) is 0 Å². The summed E-state index contributed by atoms with van der Waals surface area (Å²) in [6, 6.07) is 62.4. The summed E-state index contributed by atoms with van der Waals surface area (Å²) in [5.41, 5.74) is 7.98. The maximum atomic E-state index is 5.17. The number of benzene rings is 7. The summed E-state index contributed by atoms with van der Waals surface area (Å²) in [6.07, 6.45) is -0.296.